The smallest absolute Gasteiger partial charge is 0.217 e. The number of aliphatic hydroxyl groups is 1. The summed E-state index contributed by atoms with van der Waals surface area (Å²) in [5.74, 6) is -1.65. The number of Topliss-reactive ketones (excluding diaryl/α,β-unsaturated/α-hetero) is 1. The molecule has 0 aliphatic heterocycles. The number of rotatable bonds is 4. The fraction of sp³-hybridized carbons (Fsp3) is 0.200. The van der Waals surface area contributed by atoms with Crippen molar-refractivity contribution in [1.82, 2.24) is 4.98 Å². The number of halogens is 5. The Balaban J connectivity index is 2.51. The Morgan fingerprint density at radius 3 is 2.39 bits per heavy atom. The van der Waals surface area contributed by atoms with E-state index in [4.69, 9.17) is 58.0 Å². The van der Waals surface area contributed by atoms with E-state index in [0.29, 0.717) is 10.6 Å². The third-order valence-corrected chi connectivity index (χ3v) is 4.39. The van der Waals surface area contributed by atoms with E-state index < -0.39 is 21.6 Å². The van der Waals surface area contributed by atoms with Gasteiger partial charge < -0.3 is 5.11 Å². The lowest BCUT2D eigenvalue weighted by Gasteiger charge is -2.27. The second-order valence-corrected chi connectivity index (χ2v) is 7.95. The van der Waals surface area contributed by atoms with Crippen molar-refractivity contribution >= 4 is 63.8 Å². The van der Waals surface area contributed by atoms with Gasteiger partial charge in [-0.1, -0.05) is 64.1 Å². The highest BCUT2D eigenvalue weighted by Gasteiger charge is 2.42. The number of aliphatic hydroxyl groups excluding tert-OH is 1. The third kappa shape index (κ3) is 4.50. The van der Waals surface area contributed by atoms with Crippen LogP contribution in [0.15, 0.2) is 42.7 Å². The van der Waals surface area contributed by atoms with E-state index in [1.165, 1.54) is 30.6 Å². The van der Waals surface area contributed by atoms with E-state index in [2.05, 4.69) is 4.98 Å². The van der Waals surface area contributed by atoms with Crippen LogP contribution in [0.2, 0.25) is 10.0 Å². The van der Waals surface area contributed by atoms with Crippen LogP contribution in [-0.4, -0.2) is 25.8 Å². The summed E-state index contributed by atoms with van der Waals surface area (Å²) in [6, 6.07) is 7.63. The number of hydrogen-bond acceptors (Lipinski definition) is 3. The maximum Gasteiger partial charge on any atom is 0.217 e. The Kier molecular flexibility index (Phi) is 6.17. The Bertz CT molecular complexity index is 703. The molecule has 2 rings (SSSR count). The van der Waals surface area contributed by atoms with Crippen LogP contribution >= 0.6 is 58.0 Å². The second-order valence-electron chi connectivity index (χ2n) is 4.74. The van der Waals surface area contributed by atoms with Crippen LogP contribution < -0.4 is 0 Å². The van der Waals surface area contributed by atoms with Gasteiger partial charge in [0.2, 0.25) is 3.79 Å². The van der Waals surface area contributed by atoms with Crippen LogP contribution in [0.4, 0.5) is 0 Å². The van der Waals surface area contributed by atoms with Crippen LogP contribution in [0.1, 0.15) is 21.8 Å². The zero-order valence-corrected chi connectivity index (χ0v) is 15.2. The zero-order valence-electron chi connectivity index (χ0n) is 11.4. The van der Waals surface area contributed by atoms with Crippen LogP contribution in [0, 0.1) is 0 Å². The van der Waals surface area contributed by atoms with Crippen molar-refractivity contribution in [3.63, 3.8) is 0 Å². The quantitative estimate of drug-likeness (QED) is 0.561. The molecule has 0 spiro atoms. The molecule has 0 unspecified atom stereocenters. The molecule has 0 aliphatic carbocycles. The number of carbonyl (C=O) groups is 1. The van der Waals surface area contributed by atoms with Gasteiger partial charge in [-0.25, -0.2) is 0 Å². The second kappa shape index (κ2) is 7.56. The standard InChI is InChI=1S/C15H10Cl5NO2/c16-9-3-4-10(11(17)6-9)13(22)12(14(23)15(18,19)20)8-2-1-5-21-7-8/h1-7,12,14,23H/t12-,14-/m0/s1. The van der Waals surface area contributed by atoms with Crippen molar-refractivity contribution in [3.8, 4) is 0 Å². The molecule has 2 aromatic rings. The maximum atomic E-state index is 12.9. The van der Waals surface area contributed by atoms with Crippen molar-refractivity contribution in [2.45, 2.75) is 15.8 Å². The Labute approximate surface area is 158 Å². The van der Waals surface area contributed by atoms with Gasteiger partial charge in [0.1, 0.15) is 6.10 Å². The van der Waals surface area contributed by atoms with Gasteiger partial charge in [0, 0.05) is 23.0 Å². The van der Waals surface area contributed by atoms with Crippen LogP contribution in [0.3, 0.4) is 0 Å². The summed E-state index contributed by atoms with van der Waals surface area (Å²) in [7, 11) is 0. The topological polar surface area (TPSA) is 50.2 Å². The summed E-state index contributed by atoms with van der Waals surface area (Å²) in [6.07, 6.45) is 1.37. The van der Waals surface area contributed by atoms with Crippen molar-refractivity contribution < 1.29 is 9.90 Å². The lowest BCUT2D eigenvalue weighted by molar-refractivity contribution is 0.0817. The molecule has 1 N–H and O–H groups in total. The van der Waals surface area contributed by atoms with Crippen molar-refractivity contribution in [3.05, 3.63) is 63.9 Å². The van der Waals surface area contributed by atoms with Gasteiger partial charge in [-0.3, -0.25) is 9.78 Å². The lowest BCUT2D eigenvalue weighted by Crippen LogP contribution is -2.36. The van der Waals surface area contributed by atoms with Gasteiger partial charge >= 0.3 is 0 Å². The van der Waals surface area contributed by atoms with E-state index >= 15 is 0 Å². The number of ketones is 1. The van der Waals surface area contributed by atoms with Gasteiger partial charge in [0.25, 0.3) is 0 Å². The molecule has 23 heavy (non-hydrogen) atoms. The predicted molar refractivity (Wildman–Crippen MR) is 94.1 cm³/mol. The SMILES string of the molecule is O=C(c1ccc(Cl)cc1Cl)[C@H](c1cccnc1)[C@H](O)C(Cl)(Cl)Cl. The minimum absolute atomic E-state index is 0.146. The summed E-state index contributed by atoms with van der Waals surface area (Å²) in [5.41, 5.74) is 0.570. The van der Waals surface area contributed by atoms with Crippen molar-refractivity contribution in [2.75, 3.05) is 0 Å². The van der Waals surface area contributed by atoms with E-state index in [0.717, 1.165) is 0 Å². The average Bonchev–Trinajstić information content (AvgIpc) is 2.47. The van der Waals surface area contributed by atoms with Crippen molar-refractivity contribution in [1.29, 1.82) is 0 Å². The van der Waals surface area contributed by atoms with E-state index in [-0.39, 0.29) is 10.6 Å². The maximum absolute atomic E-state index is 12.9. The van der Waals surface area contributed by atoms with Gasteiger partial charge in [-0.05, 0) is 29.8 Å². The van der Waals surface area contributed by atoms with Gasteiger partial charge in [0.05, 0.1) is 10.9 Å². The highest BCUT2D eigenvalue weighted by molar-refractivity contribution is 6.68. The molecule has 1 aromatic carbocycles. The molecular formula is C15H10Cl5NO2. The number of aromatic nitrogens is 1. The monoisotopic (exact) mass is 411 g/mol. The van der Waals surface area contributed by atoms with E-state index in [1.54, 1.807) is 12.1 Å². The molecule has 0 saturated heterocycles. The molecule has 1 aromatic heterocycles. The summed E-state index contributed by atoms with van der Waals surface area (Å²) in [4.78, 5) is 16.8. The molecule has 122 valence electrons. The number of hydrogen-bond donors (Lipinski definition) is 1. The first-order valence-corrected chi connectivity index (χ1v) is 8.24. The number of carbonyl (C=O) groups excluding carboxylic acids is 1. The number of nitrogens with zero attached hydrogens (tertiary/aromatic N) is 1. The molecule has 0 fully saturated rings. The molecular weight excluding hydrogens is 403 g/mol. The van der Waals surface area contributed by atoms with Gasteiger partial charge in [0.15, 0.2) is 5.78 Å². The van der Waals surface area contributed by atoms with Crippen molar-refractivity contribution in [2.24, 2.45) is 0 Å². The van der Waals surface area contributed by atoms with Crippen LogP contribution in [0.5, 0.6) is 0 Å². The van der Waals surface area contributed by atoms with Crippen LogP contribution in [-0.2, 0) is 0 Å². The minimum Gasteiger partial charge on any atom is -0.388 e. The Morgan fingerprint density at radius 2 is 1.87 bits per heavy atom. The largest absolute Gasteiger partial charge is 0.388 e. The number of pyridine rings is 1. The first kappa shape index (κ1) is 18.8. The molecule has 0 bridgehead atoms. The fourth-order valence-electron chi connectivity index (χ4n) is 2.08. The summed E-state index contributed by atoms with van der Waals surface area (Å²) in [6.45, 7) is 0. The highest BCUT2D eigenvalue weighted by Crippen LogP contribution is 2.40. The molecule has 1 heterocycles. The zero-order chi connectivity index (χ0) is 17.2. The summed E-state index contributed by atoms with van der Waals surface area (Å²) >= 11 is 29.2. The Morgan fingerprint density at radius 1 is 1.17 bits per heavy atom. The molecule has 2 atom stereocenters. The first-order valence-electron chi connectivity index (χ1n) is 6.36. The normalized spacial score (nSPS) is 14.3. The molecule has 8 heteroatoms. The molecule has 3 nitrogen and oxygen atoms in total. The number of alkyl halides is 3. The summed E-state index contributed by atoms with van der Waals surface area (Å²) in [5, 5.41) is 10.9. The van der Waals surface area contributed by atoms with Gasteiger partial charge in [-0.15, -0.1) is 0 Å². The average molecular weight is 414 g/mol. The van der Waals surface area contributed by atoms with E-state index in [1.807, 2.05) is 0 Å². The lowest BCUT2D eigenvalue weighted by atomic mass is 9.87. The van der Waals surface area contributed by atoms with E-state index in [9.17, 15) is 9.90 Å². The molecule has 0 radical (unpaired) electrons. The summed E-state index contributed by atoms with van der Waals surface area (Å²) < 4.78 is -2.06. The molecule has 0 saturated carbocycles. The van der Waals surface area contributed by atoms with Crippen LogP contribution in [0.25, 0.3) is 0 Å². The molecule has 0 aliphatic rings. The molecule has 0 amide bonds. The minimum atomic E-state index is -2.06. The fourth-order valence-corrected chi connectivity index (χ4v) is 2.96. The Hall–Kier alpha value is -0.550. The number of benzene rings is 1. The van der Waals surface area contributed by atoms with Gasteiger partial charge in [-0.2, -0.15) is 0 Å². The first-order chi connectivity index (χ1) is 10.7. The predicted octanol–water partition coefficient (Wildman–Crippen LogP) is 5.09. The third-order valence-electron chi connectivity index (χ3n) is 3.17. The highest BCUT2D eigenvalue weighted by atomic mass is 35.6.